The Bertz CT molecular complexity index is 756. The molecule has 9 heteroatoms. The zero-order valence-corrected chi connectivity index (χ0v) is 13.3. The molecule has 0 saturated carbocycles. The first-order valence-electron chi connectivity index (χ1n) is 6.24. The molecule has 0 bridgehead atoms. The van der Waals surface area contributed by atoms with Crippen LogP contribution in [0.5, 0.6) is 0 Å². The van der Waals surface area contributed by atoms with Gasteiger partial charge in [-0.3, -0.25) is 9.52 Å². The lowest BCUT2D eigenvalue weighted by Crippen LogP contribution is -2.33. The predicted molar refractivity (Wildman–Crippen MR) is 77.1 cm³/mol. The number of halogens is 2. The predicted octanol–water partition coefficient (Wildman–Crippen LogP) is 1.96. The van der Waals surface area contributed by atoms with Crippen LogP contribution in [0.4, 0.5) is 4.39 Å². The Morgan fingerprint density at radius 2 is 2.09 bits per heavy atom. The quantitative estimate of drug-likeness (QED) is 0.866. The molecule has 0 fully saturated rings. The van der Waals surface area contributed by atoms with Gasteiger partial charge < -0.3 is 9.84 Å². The van der Waals surface area contributed by atoms with E-state index in [0.717, 1.165) is 6.07 Å². The van der Waals surface area contributed by atoms with Crippen molar-refractivity contribution in [2.24, 2.45) is 0 Å². The molecular weight excluding hydrogens is 337 g/mol. The van der Waals surface area contributed by atoms with Crippen LogP contribution >= 0.6 is 11.6 Å². The molecule has 2 rings (SSSR count). The number of ether oxygens (including phenoxy) is 1. The maximum atomic E-state index is 14.0. The Morgan fingerprint density at radius 3 is 2.64 bits per heavy atom. The molecule has 1 atom stereocenters. The highest BCUT2D eigenvalue weighted by Crippen LogP contribution is 2.41. The number of aliphatic hydroxyl groups excluding tert-OH is 1. The summed E-state index contributed by atoms with van der Waals surface area (Å²) in [6.45, 7) is 2.56. The average Bonchev–Trinajstić information content (AvgIpc) is 2.63. The van der Waals surface area contributed by atoms with E-state index >= 15 is 0 Å². The van der Waals surface area contributed by atoms with Gasteiger partial charge in [0, 0.05) is 0 Å². The van der Waals surface area contributed by atoms with Gasteiger partial charge in [0.15, 0.2) is 0 Å². The van der Waals surface area contributed by atoms with Gasteiger partial charge in [-0.2, -0.15) is 0 Å². The second kappa shape index (κ2) is 5.44. The van der Waals surface area contributed by atoms with Crippen molar-refractivity contribution in [3.8, 4) is 0 Å². The lowest BCUT2D eigenvalue weighted by molar-refractivity contribution is -0.132. The normalized spacial score (nSPS) is 21.9. The second-order valence-electron chi connectivity index (χ2n) is 4.74. The summed E-state index contributed by atoms with van der Waals surface area (Å²) in [5.74, 6) is -3.67. The molecule has 0 aliphatic carbocycles. The minimum atomic E-state index is -3.78. The molecular formula is C13H13ClFNO5S. The molecule has 0 amide bonds. The molecule has 0 aromatic heterocycles. The topological polar surface area (TPSA) is 92.7 Å². The summed E-state index contributed by atoms with van der Waals surface area (Å²) < 4.78 is 44.3. The van der Waals surface area contributed by atoms with Crippen LogP contribution in [0.2, 0.25) is 5.02 Å². The maximum absolute atomic E-state index is 14.0. The monoisotopic (exact) mass is 349 g/mol. The van der Waals surface area contributed by atoms with Crippen LogP contribution in [-0.2, 0) is 25.2 Å². The molecule has 1 aliphatic heterocycles. The number of ketones is 1. The van der Waals surface area contributed by atoms with Crippen molar-refractivity contribution in [3.63, 3.8) is 0 Å². The minimum Gasteiger partial charge on any atom is -0.501 e. The second-order valence-corrected chi connectivity index (χ2v) is 7.16. The molecule has 1 aromatic carbocycles. The number of nitrogens with one attached hydrogen (secondary N) is 1. The fraction of sp³-hybridized carbons (Fsp3) is 0.308. The van der Waals surface area contributed by atoms with Gasteiger partial charge in [0.05, 0.1) is 16.3 Å². The van der Waals surface area contributed by atoms with Crippen LogP contribution in [0, 0.1) is 5.82 Å². The van der Waals surface area contributed by atoms with Gasteiger partial charge in [0.2, 0.25) is 27.3 Å². The van der Waals surface area contributed by atoms with Crippen molar-refractivity contribution in [2.45, 2.75) is 19.4 Å². The number of hydrogen-bond acceptors (Lipinski definition) is 5. The molecule has 1 unspecified atom stereocenters. The van der Waals surface area contributed by atoms with Gasteiger partial charge in [-0.25, -0.2) is 12.8 Å². The van der Waals surface area contributed by atoms with E-state index in [4.69, 9.17) is 16.3 Å². The molecule has 120 valence electrons. The fourth-order valence-electron chi connectivity index (χ4n) is 2.03. The van der Waals surface area contributed by atoms with E-state index in [2.05, 4.69) is 0 Å². The largest absolute Gasteiger partial charge is 0.501 e. The Labute approximate surface area is 131 Å². The van der Waals surface area contributed by atoms with Crippen LogP contribution in [-0.4, -0.2) is 25.1 Å². The summed E-state index contributed by atoms with van der Waals surface area (Å²) in [5.41, 5.74) is -2.24. The SMILES string of the molecule is CCS(=O)(=O)NC1=C(O)C(=O)C(C)(c2c(F)cccc2Cl)O1. The van der Waals surface area contributed by atoms with E-state index in [1.807, 2.05) is 4.72 Å². The molecule has 0 spiro atoms. The minimum absolute atomic E-state index is 0.0803. The first kappa shape index (κ1) is 16.6. The zero-order valence-electron chi connectivity index (χ0n) is 11.7. The molecule has 1 aromatic rings. The van der Waals surface area contributed by atoms with Crippen LogP contribution in [0.15, 0.2) is 29.8 Å². The van der Waals surface area contributed by atoms with Gasteiger partial charge in [-0.05, 0) is 26.0 Å². The number of sulfonamides is 1. The van der Waals surface area contributed by atoms with Gasteiger partial charge in [0.1, 0.15) is 5.82 Å². The van der Waals surface area contributed by atoms with E-state index in [1.54, 1.807) is 0 Å². The van der Waals surface area contributed by atoms with Gasteiger partial charge in [-0.15, -0.1) is 0 Å². The average molecular weight is 350 g/mol. The number of aliphatic hydroxyl groups is 1. The van der Waals surface area contributed by atoms with Crippen LogP contribution in [0.25, 0.3) is 0 Å². The number of benzene rings is 1. The van der Waals surface area contributed by atoms with Crippen molar-refractivity contribution in [1.82, 2.24) is 4.72 Å². The Hall–Kier alpha value is -1.80. The number of carbonyl (C=O) groups is 1. The van der Waals surface area contributed by atoms with E-state index in [1.165, 1.54) is 26.0 Å². The first-order chi connectivity index (χ1) is 10.1. The van der Waals surface area contributed by atoms with Gasteiger partial charge >= 0.3 is 0 Å². The van der Waals surface area contributed by atoms with E-state index < -0.39 is 38.9 Å². The molecule has 2 N–H and O–H groups in total. The zero-order chi connectivity index (χ0) is 16.7. The highest BCUT2D eigenvalue weighted by atomic mass is 35.5. The third kappa shape index (κ3) is 2.64. The number of Topliss-reactive ketones (excluding diaryl/α,β-unsaturated/α-hetero) is 1. The highest BCUT2D eigenvalue weighted by Gasteiger charge is 2.51. The summed E-state index contributed by atoms with van der Waals surface area (Å²) in [4.78, 5) is 12.2. The van der Waals surface area contributed by atoms with Crippen LogP contribution in [0.1, 0.15) is 19.4 Å². The Morgan fingerprint density at radius 1 is 1.45 bits per heavy atom. The Balaban J connectivity index is 2.48. The fourth-order valence-corrected chi connectivity index (χ4v) is 2.94. The summed E-state index contributed by atoms with van der Waals surface area (Å²) in [6, 6.07) is 3.78. The third-order valence-corrected chi connectivity index (χ3v) is 4.81. The lowest BCUT2D eigenvalue weighted by atomic mass is 9.91. The number of carbonyl (C=O) groups excluding carboxylic acids is 1. The van der Waals surface area contributed by atoms with Gasteiger partial charge in [0.25, 0.3) is 5.78 Å². The standard InChI is InChI=1S/C13H13ClFNO5S/c1-3-22(19,20)16-12-10(17)11(18)13(2,21-12)9-7(14)5-4-6-8(9)15/h4-6,16-17H,3H2,1-2H3. The van der Waals surface area contributed by atoms with Gasteiger partial charge in [-0.1, -0.05) is 17.7 Å². The smallest absolute Gasteiger partial charge is 0.250 e. The van der Waals surface area contributed by atoms with E-state index in [0.29, 0.717) is 0 Å². The maximum Gasteiger partial charge on any atom is 0.250 e. The number of hydrogen-bond donors (Lipinski definition) is 2. The van der Waals surface area contributed by atoms with Crippen molar-refractivity contribution in [1.29, 1.82) is 0 Å². The van der Waals surface area contributed by atoms with Crippen molar-refractivity contribution >= 4 is 27.4 Å². The summed E-state index contributed by atoms with van der Waals surface area (Å²) in [5, 5.41) is 9.73. The van der Waals surface area contributed by atoms with Crippen molar-refractivity contribution < 1.29 is 27.4 Å². The summed E-state index contributed by atoms with van der Waals surface area (Å²) in [7, 11) is -3.78. The van der Waals surface area contributed by atoms with Crippen molar-refractivity contribution in [3.05, 3.63) is 46.2 Å². The lowest BCUT2D eigenvalue weighted by Gasteiger charge is -2.25. The highest BCUT2D eigenvalue weighted by molar-refractivity contribution is 7.89. The molecule has 0 radical (unpaired) electrons. The molecule has 1 aliphatic rings. The number of rotatable bonds is 4. The summed E-state index contributed by atoms with van der Waals surface area (Å²) >= 11 is 5.91. The molecule has 6 nitrogen and oxygen atoms in total. The van der Waals surface area contributed by atoms with Crippen molar-refractivity contribution in [2.75, 3.05) is 5.75 Å². The molecule has 22 heavy (non-hydrogen) atoms. The first-order valence-corrected chi connectivity index (χ1v) is 8.27. The summed E-state index contributed by atoms with van der Waals surface area (Å²) in [6.07, 6.45) is 0. The van der Waals surface area contributed by atoms with Crippen LogP contribution in [0.3, 0.4) is 0 Å². The Kier molecular flexibility index (Phi) is 4.09. The van der Waals surface area contributed by atoms with Crippen LogP contribution < -0.4 is 4.72 Å². The third-order valence-electron chi connectivity index (χ3n) is 3.24. The molecule has 0 saturated heterocycles. The van der Waals surface area contributed by atoms with E-state index in [9.17, 15) is 22.7 Å². The van der Waals surface area contributed by atoms with E-state index in [-0.39, 0.29) is 16.3 Å². The molecule has 1 heterocycles.